The van der Waals surface area contributed by atoms with E-state index >= 15 is 0 Å². The first-order valence-electron chi connectivity index (χ1n) is 3.47. The Morgan fingerprint density at radius 3 is 2.83 bits per heavy atom. The highest BCUT2D eigenvalue weighted by Gasteiger charge is 1.99. The van der Waals surface area contributed by atoms with Crippen molar-refractivity contribution in [3.8, 4) is 0 Å². The summed E-state index contributed by atoms with van der Waals surface area (Å²) >= 11 is 13.4. The van der Waals surface area contributed by atoms with E-state index in [2.05, 4.69) is 28.6 Å². The SMILES string of the molecule is SCC=Cc1c(Cl)cccc1Br. The largest absolute Gasteiger partial charge is 0.175 e. The maximum Gasteiger partial charge on any atom is 0.0489 e. The maximum absolute atomic E-state index is 5.96. The van der Waals surface area contributed by atoms with Gasteiger partial charge in [-0.1, -0.05) is 45.7 Å². The number of benzene rings is 1. The van der Waals surface area contributed by atoms with E-state index < -0.39 is 0 Å². The van der Waals surface area contributed by atoms with Gasteiger partial charge in [-0.25, -0.2) is 0 Å². The summed E-state index contributed by atoms with van der Waals surface area (Å²) in [5, 5.41) is 0.752. The second-order valence-corrected chi connectivity index (χ2v) is 3.85. The van der Waals surface area contributed by atoms with Crippen molar-refractivity contribution in [3.63, 3.8) is 0 Å². The van der Waals surface area contributed by atoms with Gasteiger partial charge in [0.2, 0.25) is 0 Å². The summed E-state index contributed by atoms with van der Waals surface area (Å²) in [6.45, 7) is 0. The van der Waals surface area contributed by atoms with Gasteiger partial charge in [0.05, 0.1) is 0 Å². The zero-order valence-electron chi connectivity index (χ0n) is 6.30. The summed E-state index contributed by atoms with van der Waals surface area (Å²) in [6, 6.07) is 5.74. The Morgan fingerprint density at radius 2 is 2.25 bits per heavy atom. The van der Waals surface area contributed by atoms with Crippen LogP contribution in [-0.2, 0) is 0 Å². The van der Waals surface area contributed by atoms with Gasteiger partial charge in [-0.2, -0.15) is 12.6 Å². The average Bonchev–Trinajstić information content (AvgIpc) is 2.04. The number of halogens is 2. The Balaban J connectivity index is 3.04. The lowest BCUT2D eigenvalue weighted by molar-refractivity contribution is 1.59. The standard InChI is InChI=1S/C9H8BrClS/c10-8-4-1-5-9(11)7(8)3-2-6-12/h1-5,12H,6H2. The smallest absolute Gasteiger partial charge is 0.0489 e. The third kappa shape index (κ3) is 2.54. The molecule has 0 aliphatic carbocycles. The Hall–Kier alpha value is 0.0800. The van der Waals surface area contributed by atoms with Crippen LogP contribution in [0.25, 0.3) is 6.08 Å². The lowest BCUT2D eigenvalue weighted by Gasteiger charge is -1.99. The van der Waals surface area contributed by atoms with Crippen LogP contribution < -0.4 is 0 Å². The van der Waals surface area contributed by atoms with Crippen molar-refractivity contribution in [3.05, 3.63) is 39.3 Å². The van der Waals surface area contributed by atoms with E-state index in [1.54, 1.807) is 0 Å². The topological polar surface area (TPSA) is 0 Å². The van der Waals surface area contributed by atoms with Crippen LogP contribution in [0, 0.1) is 0 Å². The Morgan fingerprint density at radius 1 is 1.50 bits per heavy atom. The predicted octanol–water partition coefficient (Wildman–Crippen LogP) is 4.05. The number of rotatable bonds is 2. The van der Waals surface area contributed by atoms with Crippen LogP contribution in [-0.4, -0.2) is 5.75 Å². The number of hydrogen-bond donors (Lipinski definition) is 1. The van der Waals surface area contributed by atoms with Crippen molar-refractivity contribution < 1.29 is 0 Å². The lowest BCUT2D eigenvalue weighted by atomic mass is 10.2. The number of thiol groups is 1. The zero-order chi connectivity index (χ0) is 8.97. The Kier molecular flexibility index (Phi) is 4.19. The maximum atomic E-state index is 5.96. The molecule has 1 aromatic carbocycles. The summed E-state index contributed by atoms with van der Waals surface area (Å²) in [7, 11) is 0. The molecule has 0 heterocycles. The van der Waals surface area contributed by atoms with Crippen molar-refractivity contribution in [2.75, 3.05) is 5.75 Å². The van der Waals surface area contributed by atoms with Crippen molar-refractivity contribution in [2.24, 2.45) is 0 Å². The molecule has 0 aromatic heterocycles. The highest BCUT2D eigenvalue weighted by Crippen LogP contribution is 2.25. The van der Waals surface area contributed by atoms with Crippen molar-refractivity contribution in [1.82, 2.24) is 0 Å². The van der Waals surface area contributed by atoms with Gasteiger partial charge in [-0.15, -0.1) is 0 Å². The second-order valence-electron chi connectivity index (χ2n) is 2.22. The molecular formula is C9H8BrClS. The first kappa shape index (κ1) is 10.2. The lowest BCUT2D eigenvalue weighted by Crippen LogP contribution is -1.77. The van der Waals surface area contributed by atoms with E-state index in [0.29, 0.717) is 0 Å². The molecule has 0 amide bonds. The van der Waals surface area contributed by atoms with Gasteiger partial charge >= 0.3 is 0 Å². The average molecular weight is 264 g/mol. The molecule has 0 fully saturated rings. The Bertz CT molecular complexity index is 276. The van der Waals surface area contributed by atoms with Crippen LogP contribution in [0.3, 0.4) is 0 Å². The molecule has 0 aliphatic rings. The summed E-state index contributed by atoms with van der Waals surface area (Å²) in [5.74, 6) is 0.720. The fourth-order valence-electron chi connectivity index (χ4n) is 0.840. The van der Waals surface area contributed by atoms with Crippen molar-refractivity contribution in [2.45, 2.75) is 0 Å². The van der Waals surface area contributed by atoms with Gasteiger partial charge in [0.25, 0.3) is 0 Å². The van der Waals surface area contributed by atoms with Crippen LogP contribution in [0.2, 0.25) is 5.02 Å². The minimum atomic E-state index is 0.720. The van der Waals surface area contributed by atoms with E-state index in [0.717, 1.165) is 20.8 Å². The molecule has 0 atom stereocenters. The summed E-state index contributed by atoms with van der Waals surface area (Å²) in [6.07, 6.45) is 3.91. The monoisotopic (exact) mass is 262 g/mol. The third-order valence-corrected chi connectivity index (χ3v) is 2.62. The van der Waals surface area contributed by atoms with Gasteiger partial charge in [-0.05, 0) is 12.1 Å². The predicted molar refractivity (Wildman–Crippen MR) is 62.0 cm³/mol. The van der Waals surface area contributed by atoms with Crippen molar-refractivity contribution >= 4 is 46.2 Å². The van der Waals surface area contributed by atoms with E-state index in [1.807, 2.05) is 30.4 Å². The van der Waals surface area contributed by atoms with Crippen LogP contribution in [0.4, 0.5) is 0 Å². The minimum Gasteiger partial charge on any atom is -0.175 e. The van der Waals surface area contributed by atoms with Gasteiger partial charge in [0.15, 0.2) is 0 Å². The van der Waals surface area contributed by atoms with Gasteiger partial charge < -0.3 is 0 Å². The minimum absolute atomic E-state index is 0.720. The molecule has 0 bridgehead atoms. The molecule has 64 valence electrons. The molecule has 0 saturated heterocycles. The molecular weight excluding hydrogens is 256 g/mol. The van der Waals surface area contributed by atoms with Crippen LogP contribution in [0.1, 0.15) is 5.56 Å². The Labute approximate surface area is 91.2 Å². The van der Waals surface area contributed by atoms with E-state index in [9.17, 15) is 0 Å². The second kappa shape index (κ2) is 4.95. The molecule has 1 aromatic rings. The van der Waals surface area contributed by atoms with Crippen LogP contribution >= 0.6 is 40.2 Å². The normalized spacial score (nSPS) is 10.9. The molecule has 0 N–H and O–H groups in total. The zero-order valence-corrected chi connectivity index (χ0v) is 9.53. The molecule has 0 saturated carbocycles. The fourth-order valence-corrected chi connectivity index (χ4v) is 1.80. The summed E-state index contributed by atoms with van der Waals surface area (Å²) < 4.78 is 1.01. The molecule has 1 rings (SSSR count). The van der Waals surface area contributed by atoms with E-state index in [1.165, 1.54) is 0 Å². The van der Waals surface area contributed by atoms with Crippen LogP contribution in [0.15, 0.2) is 28.7 Å². The molecule has 0 spiro atoms. The highest BCUT2D eigenvalue weighted by atomic mass is 79.9. The highest BCUT2D eigenvalue weighted by molar-refractivity contribution is 9.10. The van der Waals surface area contributed by atoms with Gasteiger partial charge in [-0.3, -0.25) is 0 Å². The first-order chi connectivity index (χ1) is 5.75. The van der Waals surface area contributed by atoms with Crippen molar-refractivity contribution in [1.29, 1.82) is 0 Å². The summed E-state index contributed by atoms with van der Waals surface area (Å²) in [5.41, 5.74) is 1.01. The molecule has 12 heavy (non-hydrogen) atoms. The van der Waals surface area contributed by atoms with E-state index in [4.69, 9.17) is 11.6 Å². The van der Waals surface area contributed by atoms with Gasteiger partial charge in [0, 0.05) is 20.8 Å². The third-order valence-electron chi connectivity index (χ3n) is 1.39. The van der Waals surface area contributed by atoms with Gasteiger partial charge in [0.1, 0.15) is 0 Å². The van der Waals surface area contributed by atoms with Crippen LogP contribution in [0.5, 0.6) is 0 Å². The molecule has 3 heteroatoms. The molecule has 0 radical (unpaired) electrons. The quantitative estimate of drug-likeness (QED) is 0.765. The molecule has 0 nitrogen and oxygen atoms in total. The molecule has 0 aliphatic heterocycles. The fraction of sp³-hybridized carbons (Fsp3) is 0.111. The molecule has 0 unspecified atom stereocenters. The van der Waals surface area contributed by atoms with E-state index in [-0.39, 0.29) is 0 Å². The summed E-state index contributed by atoms with van der Waals surface area (Å²) in [4.78, 5) is 0. The number of hydrogen-bond acceptors (Lipinski definition) is 1. The first-order valence-corrected chi connectivity index (χ1v) is 5.27.